The van der Waals surface area contributed by atoms with E-state index in [-0.39, 0.29) is 22.9 Å². The van der Waals surface area contributed by atoms with Gasteiger partial charge in [0.15, 0.2) is 5.76 Å². The largest absolute Gasteiger partial charge is 0.494 e. The Bertz CT molecular complexity index is 1530. The molecule has 2 aromatic carbocycles. The Labute approximate surface area is 218 Å². The van der Waals surface area contributed by atoms with E-state index < -0.39 is 33.8 Å². The van der Waals surface area contributed by atoms with Crippen LogP contribution in [0.3, 0.4) is 0 Å². The number of nitrogens with zero attached hydrogens (tertiary/aromatic N) is 3. The summed E-state index contributed by atoms with van der Waals surface area (Å²) >= 11 is 0. The van der Waals surface area contributed by atoms with Crippen LogP contribution in [0.4, 0.5) is 10.3 Å². The highest BCUT2D eigenvalue weighted by Gasteiger charge is 2.33. The first-order valence-electron chi connectivity index (χ1n) is 11.4. The predicted octanol–water partition coefficient (Wildman–Crippen LogP) is 3.35. The van der Waals surface area contributed by atoms with Crippen molar-refractivity contribution >= 4 is 16.0 Å². The van der Waals surface area contributed by atoms with Crippen LogP contribution in [0.1, 0.15) is 29.9 Å². The number of methoxy groups -OCH3 is 2. The molecule has 3 N–H and O–H groups in total. The summed E-state index contributed by atoms with van der Waals surface area (Å²) in [5, 5.41) is 27.2. The van der Waals surface area contributed by atoms with Crippen molar-refractivity contribution in [2.75, 3.05) is 18.9 Å². The summed E-state index contributed by atoms with van der Waals surface area (Å²) in [5.41, 5.74) is 0.446. The van der Waals surface area contributed by atoms with Crippen LogP contribution >= 0.6 is 0 Å². The van der Waals surface area contributed by atoms with Gasteiger partial charge in [-0.05, 0) is 61.4 Å². The molecule has 0 unspecified atom stereocenters. The molecular weight excluding hydrogens is 519 g/mol. The van der Waals surface area contributed by atoms with Gasteiger partial charge in [0.1, 0.15) is 34.0 Å². The molecule has 0 aliphatic heterocycles. The van der Waals surface area contributed by atoms with Crippen molar-refractivity contribution < 1.29 is 36.9 Å². The van der Waals surface area contributed by atoms with E-state index in [0.29, 0.717) is 28.7 Å². The number of aliphatic hydroxyl groups excluding tert-OH is 2. The van der Waals surface area contributed by atoms with Crippen molar-refractivity contribution in [2.24, 2.45) is 0 Å². The van der Waals surface area contributed by atoms with Crippen LogP contribution in [-0.2, 0) is 16.6 Å². The number of aryl methyl sites for hydroxylation is 1. The topological polar surface area (TPSA) is 149 Å². The molecule has 4 rings (SSSR count). The molecule has 0 aliphatic carbocycles. The number of benzene rings is 2. The van der Waals surface area contributed by atoms with Gasteiger partial charge < -0.3 is 24.1 Å². The first kappa shape index (κ1) is 27.1. The molecule has 0 fully saturated rings. The van der Waals surface area contributed by atoms with Crippen LogP contribution in [0, 0.1) is 12.7 Å². The molecule has 0 saturated heterocycles. The van der Waals surface area contributed by atoms with Gasteiger partial charge >= 0.3 is 0 Å². The van der Waals surface area contributed by atoms with E-state index >= 15 is 0 Å². The van der Waals surface area contributed by atoms with Crippen molar-refractivity contribution in [2.45, 2.75) is 31.8 Å². The lowest BCUT2D eigenvalue weighted by Crippen LogP contribution is -2.32. The van der Waals surface area contributed by atoms with Crippen LogP contribution in [0.25, 0.3) is 17.3 Å². The van der Waals surface area contributed by atoms with Gasteiger partial charge in [-0.25, -0.2) is 12.8 Å². The summed E-state index contributed by atoms with van der Waals surface area (Å²) in [5.74, 6) is 0.880. The zero-order valence-electron chi connectivity index (χ0n) is 21.0. The predicted molar refractivity (Wildman–Crippen MR) is 136 cm³/mol. The van der Waals surface area contributed by atoms with Gasteiger partial charge in [0, 0.05) is 0 Å². The Morgan fingerprint density at radius 3 is 2.37 bits per heavy atom. The average molecular weight is 547 g/mol. The van der Waals surface area contributed by atoms with Crippen LogP contribution < -0.4 is 14.2 Å². The minimum atomic E-state index is -4.34. The third-order valence-corrected chi connectivity index (χ3v) is 7.71. The number of hydrogen-bond donors (Lipinski definition) is 3. The van der Waals surface area contributed by atoms with Gasteiger partial charge in [-0.15, -0.1) is 10.2 Å². The van der Waals surface area contributed by atoms with Crippen molar-refractivity contribution in [1.29, 1.82) is 0 Å². The molecule has 0 spiro atoms. The Balaban J connectivity index is 1.81. The summed E-state index contributed by atoms with van der Waals surface area (Å²) < 4.78 is 61.0. The molecular formula is C25H27FN4O7S. The molecule has 2 aromatic heterocycles. The summed E-state index contributed by atoms with van der Waals surface area (Å²) in [6.07, 6.45) is -1.60. The molecule has 202 valence electrons. The molecule has 0 saturated carbocycles. The van der Waals surface area contributed by atoms with Gasteiger partial charge in [-0.1, -0.05) is 12.1 Å². The summed E-state index contributed by atoms with van der Waals surface area (Å²) in [6.45, 7) is 2.44. The normalized spacial score (nSPS) is 13.2. The van der Waals surface area contributed by atoms with Crippen molar-refractivity contribution in [3.05, 3.63) is 71.2 Å². The Morgan fingerprint density at radius 1 is 1.11 bits per heavy atom. The number of sulfonamides is 1. The second-order valence-electron chi connectivity index (χ2n) is 8.40. The lowest BCUT2D eigenvalue weighted by Gasteiger charge is -2.23. The van der Waals surface area contributed by atoms with E-state index in [9.17, 15) is 23.0 Å². The summed E-state index contributed by atoms with van der Waals surface area (Å²) in [7, 11) is -1.45. The third kappa shape index (κ3) is 5.08. The first-order chi connectivity index (χ1) is 18.1. The van der Waals surface area contributed by atoms with Crippen LogP contribution in [0.5, 0.6) is 11.5 Å². The highest BCUT2D eigenvalue weighted by molar-refractivity contribution is 7.93. The van der Waals surface area contributed by atoms with E-state index in [4.69, 9.17) is 13.9 Å². The van der Waals surface area contributed by atoms with E-state index in [1.54, 1.807) is 37.3 Å². The molecule has 4 aromatic rings. The van der Waals surface area contributed by atoms with Gasteiger partial charge in [0.05, 0.1) is 26.9 Å². The van der Waals surface area contributed by atoms with Gasteiger partial charge in [-0.3, -0.25) is 9.29 Å². The van der Waals surface area contributed by atoms with Crippen molar-refractivity contribution in [3.63, 3.8) is 0 Å². The maximum atomic E-state index is 13.6. The second kappa shape index (κ2) is 10.8. The van der Waals surface area contributed by atoms with Gasteiger partial charge in [-0.2, -0.15) is 0 Å². The van der Waals surface area contributed by atoms with Crippen molar-refractivity contribution in [1.82, 2.24) is 14.8 Å². The molecule has 0 radical (unpaired) electrons. The number of nitrogens with one attached hydrogen (secondary N) is 1. The fraction of sp³-hybridized carbons (Fsp3) is 0.280. The number of aromatic nitrogens is 3. The van der Waals surface area contributed by atoms with Crippen LogP contribution in [0.2, 0.25) is 0 Å². The SMILES string of the molecule is COc1cccc(OC)c1-n1c(NS(=O)(=O)[C@@H](C)[C@H](O)c2ccc(F)cc2CO)nnc1-c1ccc(C)o1. The van der Waals surface area contributed by atoms with Gasteiger partial charge in [0.25, 0.3) is 0 Å². The standard InChI is InChI=1S/C25H27FN4O7S/c1-14-8-11-21(37-14)24-27-28-25(30(24)22-19(35-3)6-5-7-20(22)36-4)29-38(33,34)15(2)23(32)18-10-9-17(26)12-16(18)13-31/h5-12,15,23,31-32H,13H2,1-4H3,(H,28,29)/t15-,23-/m0/s1. The lowest BCUT2D eigenvalue weighted by molar-refractivity contribution is 0.171. The van der Waals surface area contributed by atoms with E-state index in [0.717, 1.165) is 12.1 Å². The maximum absolute atomic E-state index is 13.6. The molecule has 2 atom stereocenters. The monoisotopic (exact) mass is 546 g/mol. The van der Waals surface area contributed by atoms with E-state index in [1.165, 1.54) is 31.8 Å². The highest BCUT2D eigenvalue weighted by atomic mass is 32.2. The number of ether oxygens (including phenoxy) is 2. The molecule has 0 aliphatic rings. The molecule has 0 amide bonds. The number of para-hydroxylation sites is 1. The third-order valence-electron chi connectivity index (χ3n) is 6.01. The smallest absolute Gasteiger partial charge is 0.243 e. The van der Waals surface area contributed by atoms with E-state index in [2.05, 4.69) is 14.9 Å². The summed E-state index contributed by atoms with van der Waals surface area (Å²) in [6, 6.07) is 11.7. The zero-order chi connectivity index (χ0) is 27.6. The minimum absolute atomic E-state index is 0.0666. The highest BCUT2D eigenvalue weighted by Crippen LogP contribution is 2.38. The Morgan fingerprint density at radius 2 is 1.79 bits per heavy atom. The van der Waals surface area contributed by atoms with Crippen LogP contribution in [0.15, 0.2) is 52.9 Å². The minimum Gasteiger partial charge on any atom is -0.494 e. The number of aliphatic hydroxyl groups is 2. The van der Waals surface area contributed by atoms with Gasteiger partial charge in [0.2, 0.25) is 21.8 Å². The van der Waals surface area contributed by atoms with E-state index in [1.807, 2.05) is 0 Å². The fourth-order valence-corrected chi connectivity index (χ4v) is 5.03. The summed E-state index contributed by atoms with van der Waals surface area (Å²) in [4.78, 5) is 0. The van der Waals surface area contributed by atoms with Crippen LogP contribution in [-0.4, -0.2) is 52.9 Å². The lowest BCUT2D eigenvalue weighted by atomic mass is 10.0. The molecule has 11 nitrogen and oxygen atoms in total. The number of halogens is 1. The number of anilines is 1. The number of furan rings is 1. The fourth-order valence-electron chi connectivity index (χ4n) is 3.97. The number of rotatable bonds is 10. The average Bonchev–Trinajstić information content (AvgIpc) is 3.52. The molecule has 38 heavy (non-hydrogen) atoms. The zero-order valence-corrected chi connectivity index (χ0v) is 21.9. The maximum Gasteiger partial charge on any atom is 0.243 e. The molecule has 13 heteroatoms. The Hall–Kier alpha value is -3.94. The number of hydrogen-bond acceptors (Lipinski definition) is 9. The molecule has 0 bridgehead atoms. The Kier molecular flexibility index (Phi) is 7.71. The quantitative estimate of drug-likeness (QED) is 0.272. The second-order valence-corrected chi connectivity index (χ2v) is 10.4. The molecule has 2 heterocycles. The first-order valence-corrected chi connectivity index (χ1v) is 13.0. The van der Waals surface area contributed by atoms with Crippen molar-refractivity contribution in [3.8, 4) is 28.8 Å².